The third-order valence-electron chi connectivity index (χ3n) is 1.44. The van der Waals surface area contributed by atoms with Crippen LogP contribution in [-0.4, -0.2) is 22.2 Å². The van der Waals surface area contributed by atoms with Crippen LogP contribution in [0.2, 0.25) is 0 Å². The van der Waals surface area contributed by atoms with Crippen LogP contribution in [0.25, 0.3) is 0 Å². The van der Waals surface area contributed by atoms with Gasteiger partial charge in [0.15, 0.2) is 0 Å². The second kappa shape index (κ2) is 5.03. The molecule has 0 amide bonds. The Bertz CT molecular complexity index is 81.3. The van der Waals surface area contributed by atoms with Crippen molar-refractivity contribution in [3.63, 3.8) is 0 Å². The van der Waals surface area contributed by atoms with E-state index in [9.17, 15) is 0 Å². The normalized spacial score (nSPS) is 12.0. The smallest absolute Gasteiger partial charge is 0.0521 e. The van der Waals surface area contributed by atoms with Gasteiger partial charge in [-0.25, -0.2) is 0 Å². The monoisotopic (exact) mass is 162 g/mol. The van der Waals surface area contributed by atoms with Crippen LogP contribution in [0, 0.1) is 0 Å². The van der Waals surface area contributed by atoms with Gasteiger partial charge in [-0.2, -0.15) is 11.8 Å². The van der Waals surface area contributed by atoms with E-state index in [1.54, 1.807) is 0 Å². The third kappa shape index (κ3) is 5.12. The molecule has 62 valence electrons. The summed E-state index contributed by atoms with van der Waals surface area (Å²) < 4.78 is 0.359. The maximum atomic E-state index is 8.58. The van der Waals surface area contributed by atoms with Gasteiger partial charge in [-0.1, -0.05) is 27.2 Å². The third-order valence-corrected chi connectivity index (χ3v) is 2.81. The molecular weight excluding hydrogens is 144 g/mol. The summed E-state index contributed by atoms with van der Waals surface area (Å²) in [6.07, 6.45) is 2.46. The van der Waals surface area contributed by atoms with Crippen molar-refractivity contribution in [3.05, 3.63) is 0 Å². The molecule has 0 saturated carbocycles. The van der Waals surface area contributed by atoms with Gasteiger partial charge in [-0.05, 0) is 6.42 Å². The molecule has 0 heterocycles. The molecule has 0 saturated heterocycles. The van der Waals surface area contributed by atoms with E-state index in [1.165, 1.54) is 12.8 Å². The number of aliphatic hydroxyl groups excluding tert-OH is 1. The lowest BCUT2D eigenvalue weighted by Gasteiger charge is -2.22. The van der Waals surface area contributed by atoms with Gasteiger partial charge in [0, 0.05) is 10.5 Å². The summed E-state index contributed by atoms with van der Waals surface area (Å²) in [5.74, 6) is 0.868. The van der Waals surface area contributed by atoms with E-state index in [2.05, 4.69) is 20.8 Å². The summed E-state index contributed by atoms with van der Waals surface area (Å²) in [6.45, 7) is 6.96. The molecule has 0 aromatic carbocycles. The van der Waals surface area contributed by atoms with Crippen molar-refractivity contribution in [1.29, 1.82) is 0 Å². The van der Waals surface area contributed by atoms with Crippen molar-refractivity contribution >= 4 is 11.8 Å². The summed E-state index contributed by atoms with van der Waals surface area (Å²) >= 11 is 1.85. The predicted octanol–water partition coefficient (Wildman–Crippen LogP) is 2.29. The lowest BCUT2D eigenvalue weighted by molar-refractivity contribution is 0.322. The Kier molecular flexibility index (Phi) is 5.18. The maximum absolute atomic E-state index is 8.58. The zero-order valence-electron chi connectivity index (χ0n) is 7.18. The van der Waals surface area contributed by atoms with Gasteiger partial charge in [0.2, 0.25) is 0 Å². The summed E-state index contributed by atoms with van der Waals surface area (Å²) in [5.41, 5.74) is 0. The topological polar surface area (TPSA) is 20.2 Å². The Balaban J connectivity index is 3.42. The average molecular weight is 162 g/mol. The fraction of sp³-hybridized carbons (Fsp3) is 1.00. The number of aliphatic hydroxyl groups is 1. The molecule has 0 bridgehead atoms. The van der Waals surface area contributed by atoms with Gasteiger partial charge in [-0.3, -0.25) is 0 Å². The van der Waals surface area contributed by atoms with Crippen molar-refractivity contribution in [1.82, 2.24) is 0 Å². The molecule has 0 rings (SSSR count). The highest BCUT2D eigenvalue weighted by Crippen LogP contribution is 2.28. The molecule has 1 nitrogen and oxygen atoms in total. The maximum Gasteiger partial charge on any atom is 0.0521 e. The molecule has 10 heavy (non-hydrogen) atoms. The highest BCUT2D eigenvalue weighted by Gasteiger charge is 2.15. The van der Waals surface area contributed by atoms with Crippen LogP contribution >= 0.6 is 11.8 Å². The molecular formula is C8H18OS. The van der Waals surface area contributed by atoms with Crippen LogP contribution in [0.4, 0.5) is 0 Å². The summed E-state index contributed by atoms with van der Waals surface area (Å²) in [7, 11) is 0. The van der Waals surface area contributed by atoms with Crippen molar-refractivity contribution < 1.29 is 5.11 Å². The van der Waals surface area contributed by atoms with Gasteiger partial charge < -0.3 is 5.11 Å². The first-order chi connectivity index (χ1) is 4.62. The Morgan fingerprint density at radius 1 is 1.40 bits per heavy atom. The van der Waals surface area contributed by atoms with Crippen molar-refractivity contribution in [2.45, 2.75) is 38.4 Å². The van der Waals surface area contributed by atoms with Crippen LogP contribution in [0.1, 0.15) is 33.6 Å². The minimum Gasteiger partial charge on any atom is -0.396 e. The molecule has 0 aliphatic rings. The van der Waals surface area contributed by atoms with Gasteiger partial charge >= 0.3 is 0 Å². The Morgan fingerprint density at radius 2 is 2.00 bits per heavy atom. The lowest BCUT2D eigenvalue weighted by Crippen LogP contribution is -2.15. The highest BCUT2D eigenvalue weighted by atomic mass is 32.2. The van der Waals surface area contributed by atoms with Crippen molar-refractivity contribution in [2.75, 3.05) is 12.4 Å². The quantitative estimate of drug-likeness (QED) is 0.669. The standard InChI is InChI=1S/C8H18OS/c1-4-5-8(2,3)10-7-6-9/h9H,4-7H2,1-3H3. The first kappa shape index (κ1) is 10.3. The van der Waals surface area contributed by atoms with E-state index in [4.69, 9.17) is 5.11 Å². The van der Waals surface area contributed by atoms with E-state index < -0.39 is 0 Å². The second-order valence-electron chi connectivity index (χ2n) is 3.08. The zero-order chi connectivity index (χ0) is 8.04. The number of rotatable bonds is 5. The van der Waals surface area contributed by atoms with Gasteiger partial charge in [-0.15, -0.1) is 0 Å². The van der Waals surface area contributed by atoms with E-state index >= 15 is 0 Å². The first-order valence-corrected chi connectivity index (χ1v) is 4.86. The highest BCUT2D eigenvalue weighted by molar-refractivity contribution is 8.00. The molecule has 0 aliphatic carbocycles. The Morgan fingerprint density at radius 3 is 2.40 bits per heavy atom. The fourth-order valence-electron chi connectivity index (χ4n) is 0.996. The summed E-state index contributed by atoms with van der Waals surface area (Å²) in [6, 6.07) is 0. The SMILES string of the molecule is CCCC(C)(C)SCCO. The first-order valence-electron chi connectivity index (χ1n) is 3.87. The van der Waals surface area contributed by atoms with Gasteiger partial charge in [0.1, 0.15) is 0 Å². The van der Waals surface area contributed by atoms with Gasteiger partial charge in [0.25, 0.3) is 0 Å². The fourth-order valence-corrected chi connectivity index (χ4v) is 1.99. The van der Waals surface area contributed by atoms with E-state index in [-0.39, 0.29) is 0 Å². The second-order valence-corrected chi connectivity index (χ2v) is 4.88. The lowest BCUT2D eigenvalue weighted by atomic mass is 10.1. The van der Waals surface area contributed by atoms with Crippen LogP contribution in [-0.2, 0) is 0 Å². The molecule has 0 atom stereocenters. The van der Waals surface area contributed by atoms with Crippen LogP contribution in [0.3, 0.4) is 0 Å². The molecule has 1 N–H and O–H groups in total. The Hall–Kier alpha value is 0.310. The van der Waals surface area contributed by atoms with E-state index in [0.717, 1.165) is 5.75 Å². The van der Waals surface area contributed by atoms with Gasteiger partial charge in [0.05, 0.1) is 6.61 Å². The molecule has 0 aromatic heterocycles. The number of thioether (sulfide) groups is 1. The minimum absolute atomic E-state index is 0.303. The summed E-state index contributed by atoms with van der Waals surface area (Å²) in [5, 5.41) is 8.58. The largest absolute Gasteiger partial charge is 0.396 e. The van der Waals surface area contributed by atoms with Crippen LogP contribution in [0.5, 0.6) is 0 Å². The Labute approximate surface area is 68.2 Å². The summed E-state index contributed by atoms with van der Waals surface area (Å²) in [4.78, 5) is 0. The van der Waals surface area contributed by atoms with E-state index in [1.807, 2.05) is 11.8 Å². The van der Waals surface area contributed by atoms with Crippen LogP contribution < -0.4 is 0 Å². The average Bonchev–Trinajstić information content (AvgIpc) is 1.84. The molecule has 0 aromatic rings. The molecule has 0 fully saturated rings. The molecule has 0 radical (unpaired) electrons. The molecule has 0 spiro atoms. The zero-order valence-corrected chi connectivity index (χ0v) is 8.00. The molecule has 0 aliphatic heterocycles. The molecule has 2 heteroatoms. The van der Waals surface area contributed by atoms with E-state index in [0.29, 0.717) is 11.4 Å². The van der Waals surface area contributed by atoms with Crippen LogP contribution in [0.15, 0.2) is 0 Å². The number of hydrogen-bond acceptors (Lipinski definition) is 2. The van der Waals surface area contributed by atoms with Crippen molar-refractivity contribution in [3.8, 4) is 0 Å². The predicted molar refractivity (Wildman–Crippen MR) is 48.5 cm³/mol. The van der Waals surface area contributed by atoms with Crippen molar-refractivity contribution in [2.24, 2.45) is 0 Å². The molecule has 0 unspecified atom stereocenters. The minimum atomic E-state index is 0.303. The number of hydrogen-bond donors (Lipinski definition) is 1.